The average molecular weight is 229 g/mol. The summed E-state index contributed by atoms with van der Waals surface area (Å²) in [6, 6.07) is 0. The second-order valence-corrected chi connectivity index (χ2v) is 4.27. The summed E-state index contributed by atoms with van der Waals surface area (Å²) in [5.74, 6) is 1.25. The van der Waals surface area contributed by atoms with Crippen molar-refractivity contribution in [2.45, 2.75) is 18.8 Å². The summed E-state index contributed by atoms with van der Waals surface area (Å²) >= 11 is 0. The van der Waals surface area contributed by atoms with Gasteiger partial charge in [0.25, 0.3) is 0 Å². The van der Waals surface area contributed by atoms with E-state index in [9.17, 15) is 0 Å². The van der Waals surface area contributed by atoms with Crippen LogP contribution in [0.5, 0.6) is 0 Å². The summed E-state index contributed by atoms with van der Waals surface area (Å²) < 4.78 is 0. The molecular formula is C12H15N5. The summed E-state index contributed by atoms with van der Waals surface area (Å²) in [5, 5.41) is 3.41. The highest BCUT2D eigenvalue weighted by molar-refractivity contribution is 5.53. The van der Waals surface area contributed by atoms with Crippen molar-refractivity contribution in [1.29, 1.82) is 0 Å². The largest absolute Gasteiger partial charge is 0.343 e. The van der Waals surface area contributed by atoms with Crippen molar-refractivity contribution in [3.05, 3.63) is 30.5 Å². The van der Waals surface area contributed by atoms with Gasteiger partial charge in [0.1, 0.15) is 5.69 Å². The highest BCUT2D eigenvalue weighted by Crippen LogP contribution is 2.27. The zero-order valence-electron chi connectivity index (χ0n) is 9.56. The summed E-state index contributed by atoms with van der Waals surface area (Å²) in [6.07, 6.45) is 9.39. The van der Waals surface area contributed by atoms with Crippen molar-refractivity contribution in [3.8, 4) is 11.5 Å². The number of rotatable bonds is 2. The van der Waals surface area contributed by atoms with E-state index >= 15 is 0 Å². The molecule has 1 unspecified atom stereocenters. The van der Waals surface area contributed by atoms with E-state index in [0.29, 0.717) is 5.92 Å². The molecular weight excluding hydrogens is 214 g/mol. The third kappa shape index (κ3) is 2.06. The fourth-order valence-corrected chi connectivity index (χ4v) is 2.31. The molecule has 88 valence electrons. The van der Waals surface area contributed by atoms with Crippen molar-refractivity contribution in [2.24, 2.45) is 0 Å². The molecule has 3 rings (SSSR count). The Morgan fingerprint density at radius 3 is 2.82 bits per heavy atom. The minimum Gasteiger partial charge on any atom is -0.343 e. The van der Waals surface area contributed by atoms with E-state index in [4.69, 9.17) is 0 Å². The Morgan fingerprint density at radius 1 is 1.12 bits per heavy atom. The maximum Gasteiger partial charge on any atom is 0.157 e. The highest BCUT2D eigenvalue weighted by atomic mass is 15.0. The first-order valence-electron chi connectivity index (χ1n) is 5.96. The number of aromatic amines is 1. The lowest BCUT2D eigenvalue weighted by atomic mass is 9.94. The van der Waals surface area contributed by atoms with Crippen molar-refractivity contribution in [1.82, 2.24) is 25.3 Å². The lowest BCUT2D eigenvalue weighted by molar-refractivity contribution is 0.454. The fraction of sp³-hybridized carbons (Fsp3) is 0.417. The van der Waals surface area contributed by atoms with Crippen LogP contribution in [-0.4, -0.2) is 33.0 Å². The van der Waals surface area contributed by atoms with Gasteiger partial charge in [0, 0.05) is 37.3 Å². The van der Waals surface area contributed by atoms with Crippen molar-refractivity contribution < 1.29 is 0 Å². The molecule has 5 heteroatoms. The number of hydrogen-bond donors (Lipinski definition) is 2. The Hall–Kier alpha value is -1.75. The second-order valence-electron chi connectivity index (χ2n) is 4.27. The molecule has 0 spiro atoms. The molecule has 0 aliphatic carbocycles. The van der Waals surface area contributed by atoms with Gasteiger partial charge in [-0.1, -0.05) is 0 Å². The Labute approximate surface area is 99.7 Å². The molecule has 0 amide bonds. The van der Waals surface area contributed by atoms with E-state index in [0.717, 1.165) is 30.3 Å². The third-order valence-electron chi connectivity index (χ3n) is 3.13. The van der Waals surface area contributed by atoms with E-state index in [1.807, 2.05) is 6.20 Å². The number of nitrogens with one attached hydrogen (secondary N) is 2. The van der Waals surface area contributed by atoms with Crippen LogP contribution in [0, 0.1) is 0 Å². The topological polar surface area (TPSA) is 66.5 Å². The van der Waals surface area contributed by atoms with E-state index in [2.05, 4.69) is 25.3 Å². The lowest BCUT2D eigenvalue weighted by Gasteiger charge is -2.23. The van der Waals surface area contributed by atoms with Crippen LogP contribution < -0.4 is 5.32 Å². The van der Waals surface area contributed by atoms with Gasteiger partial charge in [0.2, 0.25) is 0 Å². The summed E-state index contributed by atoms with van der Waals surface area (Å²) in [7, 11) is 0. The number of piperidine rings is 1. The van der Waals surface area contributed by atoms with E-state index in [1.165, 1.54) is 12.8 Å². The molecule has 2 aromatic heterocycles. The van der Waals surface area contributed by atoms with Gasteiger partial charge in [-0.2, -0.15) is 0 Å². The van der Waals surface area contributed by atoms with Crippen LogP contribution in [0.15, 0.2) is 24.8 Å². The Morgan fingerprint density at radius 2 is 2.06 bits per heavy atom. The first-order chi connectivity index (χ1) is 8.45. The third-order valence-corrected chi connectivity index (χ3v) is 3.13. The summed E-state index contributed by atoms with van der Waals surface area (Å²) in [6.45, 7) is 2.08. The molecule has 1 fully saturated rings. The Balaban J connectivity index is 1.98. The SMILES string of the molecule is c1c[nH]c(-c2nccnc2C2CCCNC2)n1. The van der Waals surface area contributed by atoms with E-state index < -0.39 is 0 Å². The molecule has 2 N–H and O–H groups in total. The Kier molecular flexibility index (Phi) is 2.83. The molecule has 17 heavy (non-hydrogen) atoms. The van der Waals surface area contributed by atoms with Gasteiger partial charge in [0.15, 0.2) is 5.82 Å². The first-order valence-corrected chi connectivity index (χ1v) is 5.96. The first kappa shape index (κ1) is 10.4. The van der Waals surface area contributed by atoms with Crippen molar-refractivity contribution in [3.63, 3.8) is 0 Å². The predicted molar refractivity (Wildman–Crippen MR) is 64.5 cm³/mol. The summed E-state index contributed by atoms with van der Waals surface area (Å²) in [5.41, 5.74) is 1.93. The van der Waals surface area contributed by atoms with Crippen LogP contribution in [-0.2, 0) is 0 Å². The van der Waals surface area contributed by atoms with Crippen molar-refractivity contribution in [2.75, 3.05) is 13.1 Å². The van der Waals surface area contributed by atoms with Gasteiger partial charge in [-0.3, -0.25) is 4.98 Å². The van der Waals surface area contributed by atoms with Crippen molar-refractivity contribution >= 4 is 0 Å². The maximum atomic E-state index is 4.50. The molecule has 0 radical (unpaired) electrons. The number of aromatic nitrogens is 4. The van der Waals surface area contributed by atoms with Crippen LogP contribution in [0.2, 0.25) is 0 Å². The molecule has 5 nitrogen and oxygen atoms in total. The van der Waals surface area contributed by atoms with Crippen LogP contribution in [0.1, 0.15) is 24.5 Å². The smallest absolute Gasteiger partial charge is 0.157 e. The number of nitrogens with zero attached hydrogens (tertiary/aromatic N) is 3. The normalized spacial score (nSPS) is 20.4. The van der Waals surface area contributed by atoms with Gasteiger partial charge in [-0.25, -0.2) is 9.97 Å². The van der Waals surface area contributed by atoms with Gasteiger partial charge < -0.3 is 10.3 Å². The molecule has 1 aliphatic rings. The van der Waals surface area contributed by atoms with E-state index in [-0.39, 0.29) is 0 Å². The molecule has 2 aromatic rings. The minimum atomic E-state index is 0.442. The summed E-state index contributed by atoms with van der Waals surface area (Å²) in [4.78, 5) is 16.3. The minimum absolute atomic E-state index is 0.442. The molecule has 0 bridgehead atoms. The monoisotopic (exact) mass is 229 g/mol. The average Bonchev–Trinajstić information content (AvgIpc) is 2.94. The van der Waals surface area contributed by atoms with Crippen LogP contribution >= 0.6 is 0 Å². The van der Waals surface area contributed by atoms with Gasteiger partial charge in [0.05, 0.1) is 5.69 Å². The predicted octanol–water partition coefficient (Wildman–Crippen LogP) is 1.33. The van der Waals surface area contributed by atoms with Gasteiger partial charge >= 0.3 is 0 Å². The van der Waals surface area contributed by atoms with Gasteiger partial charge in [-0.15, -0.1) is 0 Å². The Bertz CT molecular complexity index is 473. The molecule has 1 atom stereocenters. The quantitative estimate of drug-likeness (QED) is 0.815. The molecule has 0 saturated carbocycles. The number of imidazole rings is 1. The van der Waals surface area contributed by atoms with Crippen LogP contribution in [0.3, 0.4) is 0 Å². The van der Waals surface area contributed by atoms with Crippen LogP contribution in [0.4, 0.5) is 0 Å². The molecule has 1 saturated heterocycles. The van der Waals surface area contributed by atoms with Gasteiger partial charge in [-0.05, 0) is 19.4 Å². The zero-order chi connectivity index (χ0) is 11.5. The number of hydrogen-bond acceptors (Lipinski definition) is 4. The van der Waals surface area contributed by atoms with Crippen LogP contribution in [0.25, 0.3) is 11.5 Å². The van der Waals surface area contributed by atoms with E-state index in [1.54, 1.807) is 18.6 Å². The highest BCUT2D eigenvalue weighted by Gasteiger charge is 2.21. The maximum absolute atomic E-state index is 4.50. The molecule has 3 heterocycles. The lowest BCUT2D eigenvalue weighted by Crippen LogP contribution is -2.29. The zero-order valence-corrected chi connectivity index (χ0v) is 9.56. The molecule has 1 aliphatic heterocycles. The standard InChI is InChI=1S/C12H15N5/c1-2-9(8-13-3-1)10-11(15-5-4-14-10)12-16-6-7-17-12/h4-7,9,13H,1-3,8H2,(H,16,17). The molecule has 0 aromatic carbocycles. The number of H-pyrrole nitrogens is 1. The fourth-order valence-electron chi connectivity index (χ4n) is 2.31. The second kappa shape index (κ2) is 4.63.